The third-order valence-electron chi connectivity index (χ3n) is 5.09. The molecule has 1 amide bonds. The van der Waals surface area contributed by atoms with Gasteiger partial charge in [-0.3, -0.25) is 4.79 Å². The summed E-state index contributed by atoms with van der Waals surface area (Å²) in [4.78, 5) is 12.8. The van der Waals surface area contributed by atoms with Gasteiger partial charge in [0.05, 0.1) is 11.8 Å². The van der Waals surface area contributed by atoms with Gasteiger partial charge in [0.25, 0.3) is 0 Å². The fraction of sp³-hybridized carbons (Fsp3) is 0.348. The molecule has 0 bridgehead atoms. The molecule has 4 rings (SSSR count). The number of amides is 1. The van der Waals surface area contributed by atoms with Gasteiger partial charge in [0.1, 0.15) is 5.82 Å². The average molecular weight is 407 g/mol. The Balaban J connectivity index is 1.47. The van der Waals surface area contributed by atoms with Gasteiger partial charge in [0, 0.05) is 12.5 Å². The lowest BCUT2D eigenvalue weighted by atomic mass is 10.2. The van der Waals surface area contributed by atoms with Crippen molar-refractivity contribution in [1.82, 2.24) is 20.1 Å². The van der Waals surface area contributed by atoms with E-state index in [-0.39, 0.29) is 11.2 Å². The van der Waals surface area contributed by atoms with Gasteiger partial charge >= 0.3 is 0 Å². The summed E-state index contributed by atoms with van der Waals surface area (Å²) in [5, 5.41) is 12.6. The maximum atomic E-state index is 12.8. The zero-order valence-electron chi connectivity index (χ0n) is 16.6. The number of benzene rings is 2. The van der Waals surface area contributed by atoms with Crippen molar-refractivity contribution >= 4 is 17.7 Å². The fourth-order valence-electron chi connectivity index (χ4n) is 3.29. The highest BCUT2D eigenvalue weighted by Crippen LogP contribution is 2.40. The zero-order valence-corrected chi connectivity index (χ0v) is 17.4. The summed E-state index contributed by atoms with van der Waals surface area (Å²) in [7, 11) is 0. The van der Waals surface area contributed by atoms with Crippen LogP contribution in [0.25, 0.3) is 0 Å². The van der Waals surface area contributed by atoms with Crippen molar-refractivity contribution in [2.75, 3.05) is 0 Å². The first kappa shape index (κ1) is 19.7. The van der Waals surface area contributed by atoms with E-state index in [2.05, 4.69) is 44.3 Å². The Labute approximate surface area is 175 Å². The number of nitrogens with zero attached hydrogens (tertiary/aromatic N) is 3. The minimum Gasteiger partial charge on any atom is -0.351 e. The first-order valence-electron chi connectivity index (χ1n) is 10.2. The average Bonchev–Trinajstić information content (AvgIpc) is 3.54. The first-order chi connectivity index (χ1) is 14.2. The molecule has 29 heavy (non-hydrogen) atoms. The molecular weight excluding hydrogens is 380 g/mol. The summed E-state index contributed by atoms with van der Waals surface area (Å²) in [5.74, 6) is 1.60. The molecule has 150 valence electrons. The van der Waals surface area contributed by atoms with Gasteiger partial charge in [0.2, 0.25) is 5.91 Å². The van der Waals surface area contributed by atoms with Crippen LogP contribution in [0.15, 0.2) is 65.8 Å². The van der Waals surface area contributed by atoms with Crippen LogP contribution in [0, 0.1) is 0 Å². The highest BCUT2D eigenvalue weighted by atomic mass is 32.2. The Morgan fingerprint density at radius 3 is 2.34 bits per heavy atom. The molecule has 0 radical (unpaired) electrons. The standard InChI is InChI=1S/C23H26N4OS/c1-2-20(22(28)24-15-17-9-5-3-6-10-17)29-23-26-25-21(19-13-14-19)27(23)16-18-11-7-4-8-12-18/h3-12,19-20H,2,13-16H2,1H3,(H,24,28). The van der Waals surface area contributed by atoms with Crippen molar-refractivity contribution in [1.29, 1.82) is 0 Å². The van der Waals surface area contributed by atoms with Gasteiger partial charge in [-0.25, -0.2) is 0 Å². The van der Waals surface area contributed by atoms with Gasteiger partial charge in [0.15, 0.2) is 5.16 Å². The molecule has 0 spiro atoms. The van der Waals surface area contributed by atoms with Crippen molar-refractivity contribution < 1.29 is 4.79 Å². The molecule has 1 atom stereocenters. The van der Waals surface area contributed by atoms with Crippen molar-refractivity contribution in [3.63, 3.8) is 0 Å². The van der Waals surface area contributed by atoms with Crippen LogP contribution >= 0.6 is 11.8 Å². The van der Waals surface area contributed by atoms with E-state index >= 15 is 0 Å². The van der Waals surface area contributed by atoms with Crippen LogP contribution in [0.1, 0.15) is 49.1 Å². The van der Waals surface area contributed by atoms with E-state index in [9.17, 15) is 4.79 Å². The van der Waals surface area contributed by atoms with Gasteiger partial charge in [-0.15, -0.1) is 10.2 Å². The summed E-state index contributed by atoms with van der Waals surface area (Å²) in [6, 6.07) is 20.4. The molecule has 1 fully saturated rings. The van der Waals surface area contributed by atoms with Crippen LogP contribution in [-0.4, -0.2) is 25.9 Å². The van der Waals surface area contributed by atoms with Crippen molar-refractivity contribution in [3.05, 3.63) is 77.6 Å². The molecule has 1 aliphatic carbocycles. The summed E-state index contributed by atoms with van der Waals surface area (Å²) in [6.45, 7) is 3.32. The molecule has 2 aromatic carbocycles. The van der Waals surface area contributed by atoms with Crippen LogP contribution in [0.4, 0.5) is 0 Å². The lowest BCUT2D eigenvalue weighted by Gasteiger charge is -2.16. The second kappa shape index (κ2) is 9.27. The van der Waals surface area contributed by atoms with Gasteiger partial charge in [-0.05, 0) is 30.4 Å². The van der Waals surface area contributed by atoms with Crippen LogP contribution in [0.2, 0.25) is 0 Å². The van der Waals surface area contributed by atoms with Crippen LogP contribution < -0.4 is 5.32 Å². The Hall–Kier alpha value is -2.60. The Bertz CT molecular complexity index is 938. The van der Waals surface area contributed by atoms with Gasteiger partial charge < -0.3 is 9.88 Å². The SMILES string of the molecule is CCC(Sc1nnc(C2CC2)n1Cc1ccccc1)C(=O)NCc1ccccc1. The Kier molecular flexibility index (Phi) is 6.30. The van der Waals surface area contributed by atoms with Gasteiger partial charge in [-0.2, -0.15) is 0 Å². The molecular formula is C23H26N4OS. The Morgan fingerprint density at radius 1 is 1.07 bits per heavy atom. The van der Waals surface area contributed by atoms with E-state index in [0.29, 0.717) is 12.5 Å². The molecule has 0 saturated heterocycles. The van der Waals surface area contributed by atoms with E-state index in [1.807, 2.05) is 43.3 Å². The molecule has 1 saturated carbocycles. The highest BCUT2D eigenvalue weighted by molar-refractivity contribution is 8.00. The van der Waals surface area contributed by atoms with E-state index in [1.165, 1.54) is 30.2 Å². The fourth-order valence-corrected chi connectivity index (χ4v) is 4.28. The quantitative estimate of drug-likeness (QED) is 0.536. The Morgan fingerprint density at radius 2 is 1.72 bits per heavy atom. The molecule has 3 aromatic rings. The molecule has 1 aliphatic rings. The van der Waals surface area contributed by atoms with Gasteiger partial charge in [-0.1, -0.05) is 79.3 Å². The summed E-state index contributed by atoms with van der Waals surface area (Å²) in [6.07, 6.45) is 3.08. The lowest BCUT2D eigenvalue weighted by Crippen LogP contribution is -2.32. The number of thioether (sulfide) groups is 1. The third kappa shape index (κ3) is 5.07. The van der Waals surface area contributed by atoms with Crippen molar-refractivity contribution in [2.24, 2.45) is 0 Å². The smallest absolute Gasteiger partial charge is 0.233 e. The molecule has 1 N–H and O–H groups in total. The van der Waals surface area contributed by atoms with E-state index in [4.69, 9.17) is 0 Å². The van der Waals surface area contributed by atoms with E-state index in [1.54, 1.807) is 0 Å². The number of rotatable bonds is 9. The predicted molar refractivity (Wildman–Crippen MR) is 116 cm³/mol. The molecule has 6 heteroatoms. The number of aromatic nitrogens is 3. The maximum absolute atomic E-state index is 12.8. The highest BCUT2D eigenvalue weighted by Gasteiger charge is 2.31. The molecule has 1 heterocycles. The van der Waals surface area contributed by atoms with Crippen molar-refractivity contribution in [2.45, 2.75) is 55.6 Å². The topological polar surface area (TPSA) is 59.8 Å². The van der Waals surface area contributed by atoms with E-state index in [0.717, 1.165) is 29.5 Å². The molecule has 1 aromatic heterocycles. The van der Waals surface area contributed by atoms with Crippen molar-refractivity contribution in [3.8, 4) is 0 Å². The number of hydrogen-bond donors (Lipinski definition) is 1. The second-order valence-corrected chi connectivity index (χ2v) is 8.57. The minimum atomic E-state index is -0.190. The number of hydrogen-bond acceptors (Lipinski definition) is 4. The number of carbonyl (C=O) groups excluding carboxylic acids is 1. The molecule has 1 unspecified atom stereocenters. The van der Waals surface area contributed by atoms with Crippen LogP contribution in [0.5, 0.6) is 0 Å². The number of carbonyl (C=O) groups is 1. The second-order valence-electron chi connectivity index (χ2n) is 7.40. The zero-order chi connectivity index (χ0) is 20.1. The summed E-state index contributed by atoms with van der Waals surface area (Å²) < 4.78 is 2.20. The predicted octanol–water partition coefficient (Wildman–Crippen LogP) is 4.39. The van der Waals surface area contributed by atoms with Crippen LogP contribution in [0.3, 0.4) is 0 Å². The minimum absolute atomic E-state index is 0.0450. The largest absolute Gasteiger partial charge is 0.351 e. The molecule has 0 aliphatic heterocycles. The number of nitrogens with one attached hydrogen (secondary N) is 1. The monoisotopic (exact) mass is 406 g/mol. The van der Waals surface area contributed by atoms with E-state index < -0.39 is 0 Å². The molecule has 5 nitrogen and oxygen atoms in total. The maximum Gasteiger partial charge on any atom is 0.233 e. The lowest BCUT2D eigenvalue weighted by molar-refractivity contribution is -0.120. The third-order valence-corrected chi connectivity index (χ3v) is 6.44. The summed E-state index contributed by atoms with van der Waals surface area (Å²) in [5.41, 5.74) is 2.32. The first-order valence-corrected chi connectivity index (χ1v) is 11.1. The summed E-state index contributed by atoms with van der Waals surface area (Å²) >= 11 is 1.52. The normalized spacial score (nSPS) is 14.5. The van der Waals surface area contributed by atoms with Crippen LogP contribution in [-0.2, 0) is 17.9 Å².